The van der Waals surface area contributed by atoms with Crippen molar-refractivity contribution in [1.82, 2.24) is 19.9 Å². The molecule has 9 aromatic rings. The van der Waals surface area contributed by atoms with Crippen LogP contribution in [0.5, 0.6) is 0 Å². The van der Waals surface area contributed by atoms with Crippen molar-refractivity contribution in [2.75, 3.05) is 0 Å². The van der Waals surface area contributed by atoms with Crippen molar-refractivity contribution >= 4 is 54.4 Å². The Balaban J connectivity index is 1.30. The van der Waals surface area contributed by atoms with Crippen LogP contribution in [0.15, 0.2) is 138 Å². The maximum atomic E-state index is 6.43. The zero-order chi connectivity index (χ0) is 28.3. The van der Waals surface area contributed by atoms with E-state index in [9.17, 15) is 0 Å². The molecule has 0 aliphatic heterocycles. The number of furan rings is 1. The number of rotatable bonds is 3. The van der Waals surface area contributed by atoms with E-state index in [0.29, 0.717) is 17.5 Å². The van der Waals surface area contributed by atoms with Gasteiger partial charge in [0.15, 0.2) is 17.5 Å². The van der Waals surface area contributed by atoms with E-state index in [2.05, 4.69) is 54.6 Å². The quantitative estimate of drug-likeness (QED) is 0.205. The molecule has 3 heterocycles. The third-order valence-electron chi connectivity index (χ3n) is 8.15. The van der Waals surface area contributed by atoms with E-state index in [4.69, 9.17) is 24.4 Å². The lowest BCUT2D eigenvalue weighted by Crippen LogP contribution is -2.00. The first kappa shape index (κ1) is 23.7. The number of hydrogen-bond acceptors (Lipinski definition) is 5. The molecule has 43 heavy (non-hydrogen) atoms. The third kappa shape index (κ3) is 3.79. The van der Waals surface area contributed by atoms with E-state index < -0.39 is 0 Å². The highest BCUT2D eigenvalue weighted by Crippen LogP contribution is 2.39. The predicted octanol–water partition coefficient (Wildman–Crippen LogP) is 9.63. The molecule has 0 radical (unpaired) electrons. The Morgan fingerprint density at radius 1 is 0.465 bits per heavy atom. The molecule has 0 saturated carbocycles. The molecule has 5 heteroatoms. The molecule has 5 nitrogen and oxygen atoms in total. The molecule has 9 rings (SSSR count). The summed E-state index contributed by atoms with van der Waals surface area (Å²) < 4.78 is 6.43. The smallest absolute Gasteiger partial charge is 0.164 e. The lowest BCUT2D eigenvalue weighted by molar-refractivity contribution is 0.672. The summed E-state index contributed by atoms with van der Waals surface area (Å²) in [5, 5.41) is 7.65. The van der Waals surface area contributed by atoms with Crippen LogP contribution in [0.2, 0.25) is 0 Å². The lowest BCUT2D eigenvalue weighted by atomic mass is 10.00. The molecule has 0 bridgehead atoms. The van der Waals surface area contributed by atoms with Crippen LogP contribution < -0.4 is 0 Å². The highest BCUT2D eigenvalue weighted by molar-refractivity contribution is 6.17. The van der Waals surface area contributed by atoms with Gasteiger partial charge in [0.25, 0.3) is 0 Å². The standard InChI is InChI=1S/C38H22N4O/c1-2-10-24(11-3-1)36-40-37(26-19-20-28-25(21-26)18-17-23-9-4-5-12-27(23)28)42-38(41-36)30-14-8-16-33-34(30)31-22-39-32-15-7-6-13-29(32)35(31)43-33/h1-22H. The van der Waals surface area contributed by atoms with Crippen LogP contribution in [0.4, 0.5) is 0 Å². The van der Waals surface area contributed by atoms with Gasteiger partial charge in [-0.05, 0) is 45.8 Å². The van der Waals surface area contributed by atoms with Gasteiger partial charge in [-0.2, -0.15) is 0 Å². The highest BCUT2D eigenvalue weighted by Gasteiger charge is 2.19. The van der Waals surface area contributed by atoms with Crippen LogP contribution in [-0.4, -0.2) is 19.9 Å². The number of benzene rings is 6. The average Bonchev–Trinajstić information content (AvgIpc) is 3.48. The molecule has 0 spiro atoms. The topological polar surface area (TPSA) is 64.7 Å². The van der Waals surface area contributed by atoms with Gasteiger partial charge in [-0.3, -0.25) is 4.98 Å². The van der Waals surface area contributed by atoms with Crippen LogP contribution in [-0.2, 0) is 0 Å². The zero-order valence-corrected chi connectivity index (χ0v) is 22.9. The monoisotopic (exact) mass is 550 g/mol. The molecule has 0 fully saturated rings. The molecule has 0 N–H and O–H groups in total. The van der Waals surface area contributed by atoms with Crippen molar-refractivity contribution in [3.63, 3.8) is 0 Å². The summed E-state index contributed by atoms with van der Waals surface area (Å²) in [6.45, 7) is 0. The summed E-state index contributed by atoms with van der Waals surface area (Å²) in [5.41, 5.74) is 5.21. The van der Waals surface area contributed by atoms with Gasteiger partial charge in [-0.15, -0.1) is 0 Å². The fourth-order valence-electron chi connectivity index (χ4n) is 6.09. The van der Waals surface area contributed by atoms with Gasteiger partial charge in [0, 0.05) is 39.0 Å². The summed E-state index contributed by atoms with van der Waals surface area (Å²) in [7, 11) is 0. The number of pyridine rings is 1. The Morgan fingerprint density at radius 2 is 1.19 bits per heavy atom. The largest absolute Gasteiger partial charge is 0.455 e. The number of nitrogens with zero attached hydrogens (tertiary/aromatic N) is 4. The molecule has 0 saturated heterocycles. The fourth-order valence-corrected chi connectivity index (χ4v) is 6.09. The maximum Gasteiger partial charge on any atom is 0.164 e. The second-order valence-corrected chi connectivity index (χ2v) is 10.7. The van der Waals surface area contributed by atoms with E-state index >= 15 is 0 Å². The highest BCUT2D eigenvalue weighted by atomic mass is 16.3. The van der Waals surface area contributed by atoms with Gasteiger partial charge in [0.1, 0.15) is 11.2 Å². The van der Waals surface area contributed by atoms with Gasteiger partial charge >= 0.3 is 0 Å². The summed E-state index contributed by atoms with van der Waals surface area (Å²) in [6.07, 6.45) is 1.89. The Morgan fingerprint density at radius 3 is 2.09 bits per heavy atom. The van der Waals surface area contributed by atoms with E-state index in [0.717, 1.165) is 54.9 Å². The first-order valence-corrected chi connectivity index (χ1v) is 14.2. The summed E-state index contributed by atoms with van der Waals surface area (Å²) in [6, 6.07) is 43.3. The molecule has 6 aromatic carbocycles. The van der Waals surface area contributed by atoms with E-state index in [1.54, 1.807) is 0 Å². The average molecular weight is 551 g/mol. The van der Waals surface area contributed by atoms with Crippen LogP contribution in [0.3, 0.4) is 0 Å². The zero-order valence-electron chi connectivity index (χ0n) is 22.9. The maximum absolute atomic E-state index is 6.43. The van der Waals surface area contributed by atoms with Gasteiger partial charge in [-0.1, -0.05) is 103 Å². The Kier molecular flexibility index (Phi) is 5.13. The van der Waals surface area contributed by atoms with Gasteiger partial charge < -0.3 is 4.42 Å². The molecule has 200 valence electrons. The van der Waals surface area contributed by atoms with Crippen LogP contribution in [0, 0.1) is 0 Å². The van der Waals surface area contributed by atoms with Crippen molar-refractivity contribution in [3.05, 3.63) is 134 Å². The van der Waals surface area contributed by atoms with Crippen molar-refractivity contribution in [1.29, 1.82) is 0 Å². The van der Waals surface area contributed by atoms with E-state index in [1.165, 1.54) is 16.2 Å². The van der Waals surface area contributed by atoms with Gasteiger partial charge in [-0.25, -0.2) is 15.0 Å². The number of fused-ring (bicyclic) bond motifs is 8. The predicted molar refractivity (Wildman–Crippen MR) is 174 cm³/mol. The first-order chi connectivity index (χ1) is 21.3. The number of hydrogen-bond donors (Lipinski definition) is 0. The Bertz CT molecular complexity index is 2520. The lowest BCUT2D eigenvalue weighted by Gasteiger charge is -2.10. The van der Waals surface area contributed by atoms with Crippen LogP contribution in [0.25, 0.3) is 88.5 Å². The number of aromatic nitrogens is 4. The van der Waals surface area contributed by atoms with Crippen molar-refractivity contribution in [2.45, 2.75) is 0 Å². The number of para-hydroxylation sites is 1. The van der Waals surface area contributed by atoms with Crippen molar-refractivity contribution in [2.24, 2.45) is 0 Å². The minimum Gasteiger partial charge on any atom is -0.455 e. The van der Waals surface area contributed by atoms with Gasteiger partial charge in [0.05, 0.1) is 5.52 Å². The summed E-state index contributed by atoms with van der Waals surface area (Å²) >= 11 is 0. The second-order valence-electron chi connectivity index (χ2n) is 10.7. The molecule has 0 aliphatic rings. The Labute approximate surface area is 246 Å². The summed E-state index contributed by atoms with van der Waals surface area (Å²) in [4.78, 5) is 19.8. The minimum atomic E-state index is 0.587. The molecule has 0 amide bonds. The molecule has 3 aromatic heterocycles. The molecule has 0 aliphatic carbocycles. The van der Waals surface area contributed by atoms with Gasteiger partial charge in [0.2, 0.25) is 0 Å². The normalized spacial score (nSPS) is 11.7. The molecule has 0 atom stereocenters. The second kappa shape index (κ2) is 9.29. The van der Waals surface area contributed by atoms with E-state index in [-0.39, 0.29) is 0 Å². The SMILES string of the molecule is c1ccc(-c2nc(-c3ccc4c(ccc5ccccc54)c3)nc(-c3cccc4oc5c6ccccc6ncc5c34)n2)cc1. The van der Waals surface area contributed by atoms with Crippen LogP contribution >= 0.6 is 0 Å². The molecule has 0 unspecified atom stereocenters. The van der Waals surface area contributed by atoms with Crippen molar-refractivity contribution < 1.29 is 4.42 Å². The third-order valence-corrected chi connectivity index (χ3v) is 8.15. The molecular formula is C38H22N4O. The summed E-state index contributed by atoms with van der Waals surface area (Å²) in [5.74, 6) is 1.82. The van der Waals surface area contributed by atoms with Crippen LogP contribution in [0.1, 0.15) is 0 Å². The fraction of sp³-hybridized carbons (Fsp3) is 0. The minimum absolute atomic E-state index is 0.587. The first-order valence-electron chi connectivity index (χ1n) is 14.2. The van der Waals surface area contributed by atoms with E-state index in [1.807, 2.05) is 79.0 Å². The van der Waals surface area contributed by atoms with Crippen molar-refractivity contribution in [3.8, 4) is 34.2 Å². The molecular weight excluding hydrogens is 528 g/mol. The Hall–Kier alpha value is -5.94.